The SMILES string of the molecule is Cc1ccc(C[C@H](CNC(=O)c2ccc(-n3cncn3)cc2)C(=O)O)cc1. The zero-order valence-electron chi connectivity index (χ0n) is 14.9. The maximum Gasteiger partial charge on any atom is 0.308 e. The smallest absolute Gasteiger partial charge is 0.308 e. The Hall–Kier alpha value is -3.48. The Kier molecular flexibility index (Phi) is 5.61. The second-order valence-electron chi connectivity index (χ2n) is 6.32. The summed E-state index contributed by atoms with van der Waals surface area (Å²) in [6.07, 6.45) is 3.36. The van der Waals surface area contributed by atoms with Crippen molar-refractivity contribution in [3.8, 4) is 5.69 Å². The zero-order valence-corrected chi connectivity index (χ0v) is 14.9. The van der Waals surface area contributed by atoms with Crippen LogP contribution in [0, 0.1) is 12.8 Å². The summed E-state index contributed by atoms with van der Waals surface area (Å²) in [6, 6.07) is 14.6. The molecule has 7 nitrogen and oxygen atoms in total. The minimum Gasteiger partial charge on any atom is -0.481 e. The highest BCUT2D eigenvalue weighted by Crippen LogP contribution is 2.12. The van der Waals surface area contributed by atoms with E-state index in [0.29, 0.717) is 12.0 Å². The first-order valence-corrected chi connectivity index (χ1v) is 8.54. The Morgan fingerprint density at radius 2 is 1.81 bits per heavy atom. The Morgan fingerprint density at radius 1 is 1.11 bits per heavy atom. The van der Waals surface area contributed by atoms with Crippen LogP contribution in [0.1, 0.15) is 21.5 Å². The van der Waals surface area contributed by atoms with Gasteiger partial charge in [0.2, 0.25) is 0 Å². The van der Waals surface area contributed by atoms with E-state index < -0.39 is 11.9 Å². The standard InChI is InChI=1S/C20H20N4O3/c1-14-2-4-15(5-3-14)10-17(20(26)27)11-22-19(25)16-6-8-18(9-7-16)24-13-21-12-23-24/h2-9,12-13,17H,10-11H2,1H3,(H,22,25)(H,26,27)/t17-/m1/s1. The van der Waals surface area contributed by atoms with Crippen molar-refractivity contribution in [2.45, 2.75) is 13.3 Å². The van der Waals surface area contributed by atoms with Crippen molar-refractivity contribution in [3.63, 3.8) is 0 Å². The van der Waals surface area contributed by atoms with Gasteiger partial charge in [-0.1, -0.05) is 29.8 Å². The van der Waals surface area contributed by atoms with Crippen molar-refractivity contribution in [1.29, 1.82) is 0 Å². The van der Waals surface area contributed by atoms with E-state index in [9.17, 15) is 14.7 Å². The maximum atomic E-state index is 12.3. The van der Waals surface area contributed by atoms with Crippen molar-refractivity contribution in [2.75, 3.05) is 6.54 Å². The summed E-state index contributed by atoms with van der Waals surface area (Å²) in [5, 5.41) is 16.2. The Balaban J connectivity index is 1.60. The lowest BCUT2D eigenvalue weighted by molar-refractivity contribution is -0.141. The summed E-state index contributed by atoms with van der Waals surface area (Å²) in [5.41, 5.74) is 3.29. The van der Waals surface area contributed by atoms with Crippen LogP contribution in [-0.4, -0.2) is 38.3 Å². The predicted molar refractivity (Wildman–Crippen MR) is 99.7 cm³/mol. The zero-order chi connectivity index (χ0) is 19.2. The van der Waals surface area contributed by atoms with E-state index in [2.05, 4.69) is 15.4 Å². The number of aromatic nitrogens is 3. The first kappa shape index (κ1) is 18.3. The fraction of sp³-hybridized carbons (Fsp3) is 0.200. The third kappa shape index (κ3) is 4.78. The van der Waals surface area contributed by atoms with Crippen molar-refractivity contribution >= 4 is 11.9 Å². The number of hydrogen-bond donors (Lipinski definition) is 2. The van der Waals surface area contributed by atoms with Crippen LogP contribution < -0.4 is 5.32 Å². The Morgan fingerprint density at radius 3 is 2.41 bits per heavy atom. The summed E-state index contributed by atoms with van der Waals surface area (Å²) in [6.45, 7) is 2.04. The number of carbonyl (C=O) groups excluding carboxylic acids is 1. The lowest BCUT2D eigenvalue weighted by Crippen LogP contribution is -2.34. The molecule has 1 amide bonds. The number of amides is 1. The first-order valence-electron chi connectivity index (χ1n) is 8.54. The van der Waals surface area contributed by atoms with Crippen LogP contribution >= 0.6 is 0 Å². The van der Waals surface area contributed by atoms with Crippen LogP contribution in [0.15, 0.2) is 61.2 Å². The minimum atomic E-state index is -0.933. The number of hydrogen-bond acceptors (Lipinski definition) is 4. The third-order valence-corrected chi connectivity index (χ3v) is 4.27. The van der Waals surface area contributed by atoms with Crippen molar-refractivity contribution in [3.05, 3.63) is 77.9 Å². The predicted octanol–water partition coefficient (Wildman–Crippen LogP) is 2.25. The molecule has 0 saturated carbocycles. The average molecular weight is 364 g/mol. The highest BCUT2D eigenvalue weighted by molar-refractivity contribution is 5.94. The van der Waals surface area contributed by atoms with Gasteiger partial charge in [0.15, 0.2) is 0 Å². The van der Waals surface area contributed by atoms with E-state index >= 15 is 0 Å². The fourth-order valence-electron chi connectivity index (χ4n) is 2.68. The summed E-state index contributed by atoms with van der Waals surface area (Å²) >= 11 is 0. The summed E-state index contributed by atoms with van der Waals surface area (Å²) < 4.78 is 1.59. The van der Waals surface area contributed by atoms with Gasteiger partial charge in [-0.2, -0.15) is 5.10 Å². The molecule has 0 fully saturated rings. The number of carboxylic acid groups (broad SMARTS) is 1. The van der Waals surface area contributed by atoms with Gasteiger partial charge in [0.05, 0.1) is 11.6 Å². The number of rotatable bonds is 7. The number of carboxylic acids is 1. The number of benzene rings is 2. The van der Waals surface area contributed by atoms with Gasteiger partial charge in [0.1, 0.15) is 12.7 Å². The van der Waals surface area contributed by atoms with Gasteiger partial charge in [0.25, 0.3) is 5.91 Å². The number of carbonyl (C=O) groups is 2. The molecule has 0 bridgehead atoms. The molecule has 1 atom stereocenters. The third-order valence-electron chi connectivity index (χ3n) is 4.27. The van der Waals surface area contributed by atoms with Gasteiger partial charge >= 0.3 is 5.97 Å². The van der Waals surface area contributed by atoms with Crippen molar-refractivity contribution < 1.29 is 14.7 Å². The summed E-state index contributed by atoms with van der Waals surface area (Å²) in [7, 11) is 0. The number of aliphatic carboxylic acids is 1. The topological polar surface area (TPSA) is 97.1 Å². The molecular formula is C20H20N4O3. The minimum absolute atomic E-state index is 0.0624. The van der Waals surface area contributed by atoms with Crippen molar-refractivity contribution in [2.24, 2.45) is 5.92 Å². The van der Waals surface area contributed by atoms with Crippen LogP contribution in [0.5, 0.6) is 0 Å². The van der Waals surface area contributed by atoms with E-state index in [-0.39, 0.29) is 12.5 Å². The fourth-order valence-corrected chi connectivity index (χ4v) is 2.68. The summed E-state index contributed by atoms with van der Waals surface area (Å²) in [5.74, 6) is -1.93. The second-order valence-corrected chi connectivity index (χ2v) is 6.32. The molecule has 2 aromatic carbocycles. The molecule has 138 valence electrons. The van der Waals surface area contributed by atoms with Gasteiger partial charge in [-0.25, -0.2) is 9.67 Å². The quantitative estimate of drug-likeness (QED) is 0.670. The van der Waals surface area contributed by atoms with Crippen LogP contribution in [0.4, 0.5) is 0 Å². The first-order chi connectivity index (χ1) is 13.0. The molecule has 0 unspecified atom stereocenters. The number of nitrogens with one attached hydrogen (secondary N) is 1. The molecule has 1 heterocycles. The van der Waals surface area contributed by atoms with Gasteiger partial charge in [-0.3, -0.25) is 9.59 Å². The molecule has 1 aromatic heterocycles. The van der Waals surface area contributed by atoms with Crippen LogP contribution in [-0.2, 0) is 11.2 Å². The van der Waals surface area contributed by atoms with Crippen LogP contribution in [0.2, 0.25) is 0 Å². The number of aryl methyl sites for hydroxylation is 1. The van der Waals surface area contributed by atoms with E-state index in [1.165, 1.54) is 6.33 Å². The average Bonchev–Trinajstić information content (AvgIpc) is 3.21. The lowest BCUT2D eigenvalue weighted by Gasteiger charge is -2.14. The van der Waals surface area contributed by atoms with E-state index in [4.69, 9.17) is 0 Å². The molecule has 0 spiro atoms. The second kappa shape index (κ2) is 8.27. The molecule has 2 N–H and O–H groups in total. The van der Waals surface area contributed by atoms with Crippen LogP contribution in [0.3, 0.4) is 0 Å². The molecule has 0 radical (unpaired) electrons. The number of nitrogens with zero attached hydrogens (tertiary/aromatic N) is 3. The molecule has 0 aliphatic carbocycles. The van der Waals surface area contributed by atoms with E-state index in [1.807, 2.05) is 31.2 Å². The highest BCUT2D eigenvalue weighted by Gasteiger charge is 2.19. The molecule has 3 rings (SSSR count). The largest absolute Gasteiger partial charge is 0.481 e. The maximum absolute atomic E-state index is 12.3. The lowest BCUT2D eigenvalue weighted by atomic mass is 9.98. The van der Waals surface area contributed by atoms with Gasteiger partial charge in [0, 0.05) is 12.1 Å². The molecule has 0 aliphatic heterocycles. The Bertz CT molecular complexity index is 903. The van der Waals surface area contributed by atoms with Crippen molar-refractivity contribution in [1.82, 2.24) is 20.1 Å². The van der Waals surface area contributed by atoms with E-state index in [1.54, 1.807) is 35.3 Å². The van der Waals surface area contributed by atoms with Gasteiger partial charge in [-0.15, -0.1) is 0 Å². The monoisotopic (exact) mass is 364 g/mol. The van der Waals surface area contributed by atoms with E-state index in [0.717, 1.165) is 16.8 Å². The summed E-state index contributed by atoms with van der Waals surface area (Å²) in [4.78, 5) is 27.7. The van der Waals surface area contributed by atoms with Gasteiger partial charge in [-0.05, 0) is 43.2 Å². The van der Waals surface area contributed by atoms with Gasteiger partial charge < -0.3 is 10.4 Å². The normalized spacial score (nSPS) is 11.7. The molecule has 27 heavy (non-hydrogen) atoms. The Labute approximate surface area is 156 Å². The molecular weight excluding hydrogens is 344 g/mol. The van der Waals surface area contributed by atoms with Crippen LogP contribution in [0.25, 0.3) is 5.69 Å². The molecule has 0 aliphatic rings. The molecule has 7 heteroatoms. The highest BCUT2D eigenvalue weighted by atomic mass is 16.4. The molecule has 3 aromatic rings. The molecule has 0 saturated heterocycles.